The highest BCUT2D eigenvalue weighted by atomic mass is 19.1. The van der Waals surface area contributed by atoms with Gasteiger partial charge in [-0.2, -0.15) is 0 Å². The van der Waals surface area contributed by atoms with Crippen LogP contribution < -0.4 is 15.2 Å². The summed E-state index contributed by atoms with van der Waals surface area (Å²) in [5.74, 6) is 2.41. The van der Waals surface area contributed by atoms with Crippen molar-refractivity contribution in [1.29, 1.82) is 0 Å². The molecule has 1 aliphatic heterocycles. The molecule has 5 nitrogen and oxygen atoms in total. The normalized spacial score (nSPS) is 25.2. The van der Waals surface area contributed by atoms with E-state index >= 15 is 0 Å². The summed E-state index contributed by atoms with van der Waals surface area (Å²) >= 11 is 0. The molecule has 6 heteroatoms. The number of aryl methyl sites for hydroxylation is 1. The van der Waals surface area contributed by atoms with Gasteiger partial charge in [0.15, 0.2) is 0 Å². The van der Waals surface area contributed by atoms with Crippen LogP contribution in [-0.2, 0) is 9.53 Å². The standard InChI is InChI=1S/C19H23FN2O3/c1-4-9-25-17-11-16(14(20)10-12(17)2)22-15-8-6-5-7-13(15)18(21-22)19(23)24-3/h1,10-11,13,15,18,21H,5-9H2,2-3H3. The minimum Gasteiger partial charge on any atom is -0.481 e. The molecule has 1 aliphatic carbocycles. The van der Waals surface area contributed by atoms with Gasteiger partial charge in [0, 0.05) is 12.0 Å². The van der Waals surface area contributed by atoms with Crippen molar-refractivity contribution in [3.8, 4) is 18.1 Å². The number of rotatable bonds is 4. The van der Waals surface area contributed by atoms with E-state index < -0.39 is 6.04 Å². The van der Waals surface area contributed by atoms with Crippen molar-refractivity contribution in [1.82, 2.24) is 5.43 Å². The van der Waals surface area contributed by atoms with E-state index in [1.807, 2.05) is 0 Å². The number of nitrogens with zero attached hydrogens (tertiary/aromatic N) is 1. The zero-order valence-corrected chi connectivity index (χ0v) is 14.5. The van der Waals surface area contributed by atoms with Crippen molar-refractivity contribution < 1.29 is 18.7 Å². The molecule has 1 N–H and O–H groups in total. The smallest absolute Gasteiger partial charge is 0.325 e. The minimum absolute atomic E-state index is 0.0514. The van der Waals surface area contributed by atoms with Crippen LogP contribution in [0.5, 0.6) is 5.75 Å². The number of fused-ring (bicyclic) bond motifs is 1. The highest BCUT2D eigenvalue weighted by Gasteiger charge is 2.47. The van der Waals surface area contributed by atoms with Crippen molar-refractivity contribution in [2.75, 3.05) is 18.7 Å². The monoisotopic (exact) mass is 346 g/mol. The molecule has 134 valence electrons. The molecule has 25 heavy (non-hydrogen) atoms. The molecule has 0 amide bonds. The Morgan fingerprint density at radius 1 is 1.44 bits per heavy atom. The van der Waals surface area contributed by atoms with E-state index in [9.17, 15) is 9.18 Å². The largest absolute Gasteiger partial charge is 0.481 e. The molecule has 3 atom stereocenters. The molecule has 0 radical (unpaired) electrons. The van der Waals surface area contributed by atoms with E-state index in [1.54, 1.807) is 18.0 Å². The summed E-state index contributed by atoms with van der Waals surface area (Å²) in [5.41, 5.74) is 4.22. The molecule has 1 heterocycles. The van der Waals surface area contributed by atoms with E-state index in [1.165, 1.54) is 13.2 Å². The lowest BCUT2D eigenvalue weighted by Gasteiger charge is -2.32. The Hall–Kier alpha value is -2.26. The Kier molecular flexibility index (Phi) is 5.14. The van der Waals surface area contributed by atoms with Crippen LogP contribution in [0.3, 0.4) is 0 Å². The second-order valence-corrected chi connectivity index (χ2v) is 6.58. The number of ether oxygens (including phenoxy) is 2. The number of hydrogen-bond donors (Lipinski definition) is 1. The van der Waals surface area contributed by atoms with Gasteiger partial charge in [0.05, 0.1) is 18.8 Å². The number of benzene rings is 1. The van der Waals surface area contributed by atoms with E-state index in [4.69, 9.17) is 15.9 Å². The maximum atomic E-state index is 14.7. The zero-order chi connectivity index (χ0) is 18.0. The van der Waals surface area contributed by atoms with Gasteiger partial charge >= 0.3 is 5.97 Å². The van der Waals surface area contributed by atoms with Crippen LogP contribution in [0.1, 0.15) is 31.2 Å². The fourth-order valence-corrected chi connectivity index (χ4v) is 3.89. The fourth-order valence-electron chi connectivity index (χ4n) is 3.89. The number of hydrazine groups is 1. The first kappa shape index (κ1) is 17.6. The Balaban J connectivity index is 1.94. The number of terminal acetylenes is 1. The summed E-state index contributed by atoms with van der Waals surface area (Å²) in [5, 5.41) is 1.78. The number of esters is 1. The number of anilines is 1. The van der Waals surface area contributed by atoms with Gasteiger partial charge in [0.2, 0.25) is 0 Å². The molecular weight excluding hydrogens is 323 g/mol. The van der Waals surface area contributed by atoms with Crippen LogP contribution in [0.25, 0.3) is 0 Å². The molecule has 0 aromatic heterocycles. The lowest BCUT2D eigenvalue weighted by Crippen LogP contribution is -2.43. The quantitative estimate of drug-likeness (QED) is 0.671. The van der Waals surface area contributed by atoms with E-state index in [-0.39, 0.29) is 30.4 Å². The molecule has 1 aromatic rings. The predicted molar refractivity (Wildman–Crippen MR) is 92.6 cm³/mol. The van der Waals surface area contributed by atoms with E-state index in [2.05, 4.69) is 11.3 Å². The van der Waals surface area contributed by atoms with Gasteiger partial charge in [0.25, 0.3) is 0 Å². The molecule has 1 aromatic carbocycles. The number of hydrogen-bond acceptors (Lipinski definition) is 5. The van der Waals surface area contributed by atoms with Crippen LogP contribution in [0.2, 0.25) is 0 Å². The van der Waals surface area contributed by atoms with Crippen molar-refractivity contribution in [2.45, 2.75) is 44.7 Å². The third kappa shape index (κ3) is 3.29. The van der Waals surface area contributed by atoms with Gasteiger partial charge in [-0.15, -0.1) is 6.42 Å². The Bertz CT molecular complexity index is 701. The highest BCUT2D eigenvalue weighted by Crippen LogP contribution is 2.40. The average molecular weight is 346 g/mol. The Morgan fingerprint density at radius 2 is 2.20 bits per heavy atom. The molecule has 2 aliphatic rings. The maximum Gasteiger partial charge on any atom is 0.325 e. The summed E-state index contributed by atoms with van der Waals surface area (Å²) in [6.07, 6.45) is 9.19. The molecule has 0 bridgehead atoms. The van der Waals surface area contributed by atoms with Crippen LogP contribution >= 0.6 is 0 Å². The van der Waals surface area contributed by atoms with Gasteiger partial charge in [-0.25, -0.2) is 9.82 Å². The van der Waals surface area contributed by atoms with Crippen LogP contribution in [0, 0.1) is 31.0 Å². The highest BCUT2D eigenvalue weighted by molar-refractivity contribution is 5.78. The van der Waals surface area contributed by atoms with Crippen molar-refractivity contribution in [3.05, 3.63) is 23.5 Å². The molecule has 3 unspecified atom stereocenters. The number of nitrogens with one attached hydrogen (secondary N) is 1. The topological polar surface area (TPSA) is 50.8 Å². The summed E-state index contributed by atoms with van der Waals surface area (Å²) in [6.45, 7) is 1.90. The van der Waals surface area contributed by atoms with Gasteiger partial charge in [-0.1, -0.05) is 18.8 Å². The fraction of sp³-hybridized carbons (Fsp3) is 0.526. The van der Waals surface area contributed by atoms with Gasteiger partial charge in [0.1, 0.15) is 24.2 Å². The van der Waals surface area contributed by atoms with Crippen molar-refractivity contribution in [3.63, 3.8) is 0 Å². The minimum atomic E-state index is -0.453. The second kappa shape index (κ2) is 7.32. The lowest BCUT2D eigenvalue weighted by atomic mass is 9.81. The third-order valence-electron chi connectivity index (χ3n) is 5.09. The number of halogens is 1. The molecular formula is C19H23FN2O3. The van der Waals surface area contributed by atoms with Gasteiger partial charge in [-0.05, 0) is 31.4 Å². The van der Waals surface area contributed by atoms with Crippen molar-refractivity contribution in [2.24, 2.45) is 5.92 Å². The average Bonchev–Trinajstić information content (AvgIpc) is 3.00. The van der Waals surface area contributed by atoms with Crippen LogP contribution in [0.15, 0.2) is 12.1 Å². The lowest BCUT2D eigenvalue weighted by molar-refractivity contribution is -0.144. The molecule has 2 fully saturated rings. The predicted octanol–water partition coefficient (Wildman–Crippen LogP) is 2.57. The summed E-state index contributed by atoms with van der Waals surface area (Å²) < 4.78 is 25.1. The number of carbonyl (C=O) groups excluding carboxylic acids is 1. The molecule has 1 saturated heterocycles. The first-order valence-electron chi connectivity index (χ1n) is 8.56. The Morgan fingerprint density at radius 3 is 2.92 bits per heavy atom. The molecule has 0 spiro atoms. The first-order chi connectivity index (χ1) is 12.1. The van der Waals surface area contributed by atoms with Crippen LogP contribution in [0.4, 0.5) is 10.1 Å². The van der Waals surface area contributed by atoms with E-state index in [0.717, 1.165) is 25.7 Å². The Labute approximate surface area is 147 Å². The number of carbonyl (C=O) groups is 1. The van der Waals surface area contributed by atoms with Crippen molar-refractivity contribution >= 4 is 11.7 Å². The first-order valence-corrected chi connectivity index (χ1v) is 8.56. The van der Waals surface area contributed by atoms with E-state index in [0.29, 0.717) is 17.0 Å². The second-order valence-electron chi connectivity index (χ2n) is 6.58. The zero-order valence-electron chi connectivity index (χ0n) is 14.5. The molecule has 1 saturated carbocycles. The van der Waals surface area contributed by atoms with Gasteiger partial charge in [-0.3, -0.25) is 4.79 Å². The van der Waals surface area contributed by atoms with Crippen LogP contribution in [-0.4, -0.2) is 31.8 Å². The summed E-state index contributed by atoms with van der Waals surface area (Å²) in [4.78, 5) is 12.1. The maximum absolute atomic E-state index is 14.7. The summed E-state index contributed by atoms with van der Waals surface area (Å²) in [7, 11) is 1.38. The molecule has 3 rings (SSSR count). The number of methoxy groups -OCH3 is 1. The summed E-state index contributed by atoms with van der Waals surface area (Å²) in [6, 6.07) is 2.69. The van der Waals surface area contributed by atoms with Gasteiger partial charge < -0.3 is 14.5 Å². The third-order valence-corrected chi connectivity index (χ3v) is 5.09. The SMILES string of the molecule is C#CCOc1cc(N2NC(C(=O)OC)C3CCCCC32)c(F)cc1C.